The molecule has 0 aromatic rings. The van der Waals surface area contributed by atoms with E-state index < -0.39 is 0 Å². The molecule has 2 nitrogen and oxygen atoms in total. The molecule has 0 aromatic carbocycles. The molecule has 1 saturated heterocycles. The molecule has 1 heterocycles. The van der Waals surface area contributed by atoms with Gasteiger partial charge in [0.15, 0.2) is 0 Å². The van der Waals surface area contributed by atoms with Crippen LogP contribution in [0.3, 0.4) is 0 Å². The van der Waals surface area contributed by atoms with Crippen molar-refractivity contribution in [1.29, 1.82) is 0 Å². The molecule has 1 fully saturated rings. The molecule has 2 heteroatoms. The second kappa shape index (κ2) is 4.97. The molecule has 1 unspecified atom stereocenters. The minimum absolute atomic E-state index is 0.729. The van der Waals surface area contributed by atoms with Crippen LogP contribution in [0.4, 0.5) is 0 Å². The Labute approximate surface area is 82.7 Å². The van der Waals surface area contributed by atoms with Gasteiger partial charge in [0.25, 0.3) is 0 Å². The predicted molar refractivity (Wildman–Crippen MR) is 57.9 cm³/mol. The van der Waals surface area contributed by atoms with Crippen molar-refractivity contribution in [3.05, 3.63) is 0 Å². The number of rotatable bonds is 4. The van der Waals surface area contributed by atoms with Gasteiger partial charge in [0.2, 0.25) is 0 Å². The fourth-order valence-corrected chi connectivity index (χ4v) is 1.97. The maximum absolute atomic E-state index is 3.46. The van der Waals surface area contributed by atoms with E-state index in [-0.39, 0.29) is 0 Å². The molecular formula is C11H24N2. The molecule has 1 rings (SSSR count). The number of hydrogen-bond donors (Lipinski definition) is 1. The van der Waals surface area contributed by atoms with E-state index >= 15 is 0 Å². The van der Waals surface area contributed by atoms with Crippen LogP contribution in [0.25, 0.3) is 0 Å². The van der Waals surface area contributed by atoms with Gasteiger partial charge >= 0.3 is 0 Å². The van der Waals surface area contributed by atoms with Crippen LogP contribution in [-0.4, -0.2) is 37.6 Å². The van der Waals surface area contributed by atoms with Crippen LogP contribution < -0.4 is 5.32 Å². The second-order valence-electron chi connectivity index (χ2n) is 4.59. The number of hydrogen-bond acceptors (Lipinski definition) is 2. The summed E-state index contributed by atoms with van der Waals surface area (Å²) in [7, 11) is 2.25. The zero-order valence-corrected chi connectivity index (χ0v) is 9.51. The lowest BCUT2D eigenvalue weighted by Gasteiger charge is -2.27. The predicted octanol–water partition coefficient (Wildman–Crippen LogP) is 1.57. The molecule has 1 N–H and O–H groups in total. The molecule has 1 aliphatic heterocycles. The zero-order valence-electron chi connectivity index (χ0n) is 9.51. The van der Waals surface area contributed by atoms with Gasteiger partial charge in [0.05, 0.1) is 0 Å². The Morgan fingerprint density at radius 3 is 2.62 bits per heavy atom. The van der Waals surface area contributed by atoms with Gasteiger partial charge in [0, 0.05) is 12.6 Å². The van der Waals surface area contributed by atoms with Gasteiger partial charge in [-0.25, -0.2) is 0 Å². The highest BCUT2D eigenvalue weighted by Crippen LogP contribution is 2.17. The largest absolute Gasteiger partial charge is 0.316 e. The Bertz CT molecular complexity index is 147. The molecule has 3 atom stereocenters. The normalized spacial score (nSPS) is 31.2. The lowest BCUT2D eigenvalue weighted by molar-refractivity contribution is 0.203. The molecule has 0 aliphatic carbocycles. The first-order chi connectivity index (χ1) is 6.15. The lowest BCUT2D eigenvalue weighted by atomic mass is 9.97. The molecule has 78 valence electrons. The first-order valence-electron chi connectivity index (χ1n) is 5.56. The van der Waals surface area contributed by atoms with Crippen molar-refractivity contribution in [3.63, 3.8) is 0 Å². The summed E-state index contributed by atoms with van der Waals surface area (Å²) in [6.07, 6.45) is 1.25. The first-order valence-corrected chi connectivity index (χ1v) is 5.56. The highest BCUT2D eigenvalue weighted by Gasteiger charge is 2.24. The molecule has 1 aliphatic rings. The van der Waals surface area contributed by atoms with Crippen LogP contribution >= 0.6 is 0 Å². The van der Waals surface area contributed by atoms with E-state index in [9.17, 15) is 0 Å². The lowest BCUT2D eigenvalue weighted by Crippen LogP contribution is -2.35. The average molecular weight is 184 g/mol. The van der Waals surface area contributed by atoms with Crippen molar-refractivity contribution < 1.29 is 0 Å². The van der Waals surface area contributed by atoms with Gasteiger partial charge in [-0.05, 0) is 45.3 Å². The number of nitrogens with one attached hydrogen (secondary N) is 1. The van der Waals surface area contributed by atoms with E-state index in [0.29, 0.717) is 0 Å². The minimum atomic E-state index is 0.729. The van der Waals surface area contributed by atoms with Gasteiger partial charge in [0.1, 0.15) is 0 Å². The molecule has 0 radical (unpaired) electrons. The van der Waals surface area contributed by atoms with Crippen LogP contribution in [0.15, 0.2) is 0 Å². The fourth-order valence-electron chi connectivity index (χ4n) is 1.97. The summed E-state index contributed by atoms with van der Waals surface area (Å²) in [6.45, 7) is 10.6. The summed E-state index contributed by atoms with van der Waals surface area (Å²) in [4.78, 5) is 2.49. The maximum atomic E-state index is 3.46. The summed E-state index contributed by atoms with van der Waals surface area (Å²) in [5, 5.41) is 3.46. The Morgan fingerprint density at radius 1 is 1.46 bits per heavy atom. The van der Waals surface area contributed by atoms with Gasteiger partial charge in [-0.1, -0.05) is 13.8 Å². The van der Waals surface area contributed by atoms with Crippen LogP contribution in [0.5, 0.6) is 0 Å². The molecule has 0 bridgehead atoms. The zero-order chi connectivity index (χ0) is 9.84. The minimum Gasteiger partial charge on any atom is -0.316 e. The molecule has 0 amide bonds. The molecule has 0 aromatic heterocycles. The molecule has 0 spiro atoms. The third-order valence-corrected chi connectivity index (χ3v) is 3.54. The molecule has 13 heavy (non-hydrogen) atoms. The van der Waals surface area contributed by atoms with Crippen molar-refractivity contribution in [2.24, 2.45) is 11.8 Å². The van der Waals surface area contributed by atoms with Crippen LogP contribution in [0, 0.1) is 11.8 Å². The summed E-state index contributed by atoms with van der Waals surface area (Å²) >= 11 is 0. The summed E-state index contributed by atoms with van der Waals surface area (Å²) in [5.74, 6) is 1.71. The third-order valence-electron chi connectivity index (χ3n) is 3.54. The summed E-state index contributed by atoms with van der Waals surface area (Å²) in [6, 6.07) is 0.729. The average Bonchev–Trinajstić information content (AvgIpc) is 2.50. The van der Waals surface area contributed by atoms with Crippen LogP contribution in [-0.2, 0) is 0 Å². The summed E-state index contributed by atoms with van der Waals surface area (Å²) < 4.78 is 0. The van der Waals surface area contributed by atoms with E-state index in [2.05, 4.69) is 38.0 Å². The fraction of sp³-hybridized carbons (Fsp3) is 1.00. The van der Waals surface area contributed by atoms with Gasteiger partial charge in [-0.15, -0.1) is 0 Å². The first kappa shape index (κ1) is 11.0. The molecule has 0 saturated carbocycles. The van der Waals surface area contributed by atoms with Gasteiger partial charge in [-0.3, -0.25) is 0 Å². The quantitative estimate of drug-likeness (QED) is 0.713. The topological polar surface area (TPSA) is 15.3 Å². The Morgan fingerprint density at radius 2 is 2.15 bits per heavy atom. The van der Waals surface area contributed by atoms with E-state index in [4.69, 9.17) is 0 Å². The van der Waals surface area contributed by atoms with Gasteiger partial charge in [-0.2, -0.15) is 0 Å². The van der Waals surface area contributed by atoms with Crippen molar-refractivity contribution in [2.75, 3.05) is 26.7 Å². The van der Waals surface area contributed by atoms with Crippen molar-refractivity contribution >= 4 is 0 Å². The second-order valence-corrected chi connectivity index (χ2v) is 4.59. The van der Waals surface area contributed by atoms with Crippen molar-refractivity contribution in [2.45, 2.75) is 33.2 Å². The van der Waals surface area contributed by atoms with Crippen LogP contribution in [0.1, 0.15) is 27.2 Å². The smallest absolute Gasteiger partial charge is 0.00613 e. The monoisotopic (exact) mass is 184 g/mol. The highest BCUT2D eigenvalue weighted by molar-refractivity contribution is 4.80. The van der Waals surface area contributed by atoms with Gasteiger partial charge < -0.3 is 10.2 Å². The van der Waals surface area contributed by atoms with Crippen molar-refractivity contribution in [3.8, 4) is 0 Å². The Balaban J connectivity index is 2.30. The maximum Gasteiger partial charge on any atom is 0.00613 e. The van der Waals surface area contributed by atoms with E-state index in [1.807, 2.05) is 0 Å². The summed E-state index contributed by atoms with van der Waals surface area (Å²) in [5.41, 5.74) is 0. The number of nitrogens with zero attached hydrogens (tertiary/aromatic N) is 1. The van der Waals surface area contributed by atoms with E-state index in [1.165, 1.54) is 26.1 Å². The SMILES string of the molecule is CCC(C)N(C)C[C@@H]1CNC[C@H]1C. The molecular weight excluding hydrogens is 160 g/mol. The van der Waals surface area contributed by atoms with Crippen molar-refractivity contribution in [1.82, 2.24) is 10.2 Å². The standard InChI is InChI=1S/C11H24N2/c1-5-10(3)13(4)8-11-7-12-6-9(11)2/h9-12H,5-8H2,1-4H3/t9-,10?,11+/m1/s1. The Kier molecular flexibility index (Phi) is 4.20. The highest BCUT2D eigenvalue weighted by atomic mass is 15.1. The third kappa shape index (κ3) is 2.96. The van der Waals surface area contributed by atoms with E-state index in [0.717, 1.165) is 17.9 Å². The Hall–Kier alpha value is -0.0800. The van der Waals surface area contributed by atoms with Crippen LogP contribution in [0.2, 0.25) is 0 Å². The van der Waals surface area contributed by atoms with E-state index in [1.54, 1.807) is 0 Å².